The van der Waals surface area contributed by atoms with Crippen molar-refractivity contribution in [2.24, 2.45) is 0 Å². The van der Waals surface area contributed by atoms with E-state index in [-0.39, 0.29) is 0 Å². The SMILES string of the molecule is C=C1/C=C\C=C/CSc2ccc3c(c21)c1ccccc1n3-c1cccc(-c2cc(-c3ccc4sc5ccccc5c4c3)cc(-c3ccccc3)n2)c1. The standard InChI is InChI=1S/C48H32N2S2/c1-31-13-4-3-11-26-51-46-25-23-43-48(47(31)46)38-19-7-9-20-42(38)50(43)36-17-12-16-34(27-36)41-30-35(29-40(49-41)32-14-5-2-6-15-32)33-22-24-45-39(28-33)37-18-8-10-21-44(37)52-45/h2-25,27-30H,1,26H2/b11-3-,13-4-. The van der Waals surface area contributed by atoms with E-state index in [1.54, 1.807) is 0 Å². The van der Waals surface area contributed by atoms with E-state index in [1.807, 2.05) is 23.1 Å². The van der Waals surface area contributed by atoms with E-state index in [0.29, 0.717) is 0 Å². The Labute approximate surface area is 310 Å². The fraction of sp³-hybridized carbons (Fsp3) is 0.0208. The molecule has 52 heavy (non-hydrogen) atoms. The predicted molar refractivity (Wildman–Crippen MR) is 226 cm³/mol. The second-order valence-corrected chi connectivity index (χ2v) is 15.3. The summed E-state index contributed by atoms with van der Waals surface area (Å²) in [5.41, 5.74) is 12.1. The summed E-state index contributed by atoms with van der Waals surface area (Å²) in [7, 11) is 0. The number of hydrogen-bond acceptors (Lipinski definition) is 3. The average molecular weight is 701 g/mol. The fourth-order valence-electron chi connectivity index (χ4n) is 7.60. The monoisotopic (exact) mass is 700 g/mol. The minimum atomic E-state index is 0.922. The van der Waals surface area contributed by atoms with Crippen LogP contribution in [0.5, 0.6) is 0 Å². The van der Waals surface area contributed by atoms with Gasteiger partial charge in [-0.3, -0.25) is 0 Å². The molecule has 4 heteroatoms. The summed E-state index contributed by atoms with van der Waals surface area (Å²) in [5.74, 6) is 0.922. The topological polar surface area (TPSA) is 17.8 Å². The fourth-order valence-corrected chi connectivity index (χ4v) is 9.61. The number of thioether (sulfide) groups is 1. The highest BCUT2D eigenvalue weighted by atomic mass is 32.2. The summed E-state index contributed by atoms with van der Waals surface area (Å²) < 4.78 is 5.02. The molecule has 0 saturated carbocycles. The van der Waals surface area contributed by atoms with Gasteiger partial charge in [0.15, 0.2) is 0 Å². The molecule has 0 spiro atoms. The summed E-state index contributed by atoms with van der Waals surface area (Å²) in [6.45, 7) is 4.54. The molecule has 4 heterocycles. The van der Waals surface area contributed by atoms with Crippen molar-refractivity contribution in [2.45, 2.75) is 4.90 Å². The van der Waals surface area contributed by atoms with Gasteiger partial charge in [0.05, 0.1) is 22.4 Å². The Morgan fingerprint density at radius 1 is 0.558 bits per heavy atom. The highest BCUT2D eigenvalue weighted by Gasteiger charge is 2.20. The van der Waals surface area contributed by atoms with Crippen LogP contribution in [0.4, 0.5) is 0 Å². The quantitative estimate of drug-likeness (QED) is 0.182. The van der Waals surface area contributed by atoms with Gasteiger partial charge in [0.25, 0.3) is 0 Å². The molecule has 0 aliphatic carbocycles. The van der Waals surface area contributed by atoms with Gasteiger partial charge in [-0.2, -0.15) is 0 Å². The molecule has 0 radical (unpaired) electrons. The smallest absolute Gasteiger partial charge is 0.0716 e. The molecule has 0 bridgehead atoms. The third kappa shape index (κ3) is 5.22. The molecular formula is C48H32N2S2. The highest BCUT2D eigenvalue weighted by molar-refractivity contribution is 7.99. The van der Waals surface area contributed by atoms with E-state index in [0.717, 1.165) is 45.1 Å². The number of rotatable bonds is 4. The van der Waals surface area contributed by atoms with Gasteiger partial charge in [0.1, 0.15) is 0 Å². The van der Waals surface area contributed by atoms with Crippen LogP contribution in [0.3, 0.4) is 0 Å². The van der Waals surface area contributed by atoms with Gasteiger partial charge in [-0.05, 0) is 77.4 Å². The second kappa shape index (κ2) is 12.7. The van der Waals surface area contributed by atoms with Crippen LogP contribution in [-0.2, 0) is 0 Å². The number of benzene rings is 6. The van der Waals surface area contributed by atoms with Crippen molar-refractivity contribution in [3.63, 3.8) is 0 Å². The Bertz CT molecular complexity index is 2920. The zero-order valence-electron chi connectivity index (χ0n) is 28.3. The summed E-state index contributed by atoms with van der Waals surface area (Å²) in [6.07, 6.45) is 8.56. The van der Waals surface area contributed by atoms with Gasteiger partial charge < -0.3 is 4.57 Å². The maximum atomic E-state index is 5.31. The molecule has 0 amide bonds. The van der Waals surface area contributed by atoms with E-state index in [2.05, 4.69) is 181 Å². The Hall–Kier alpha value is -5.94. The Morgan fingerprint density at radius 2 is 1.33 bits per heavy atom. The predicted octanol–water partition coefficient (Wildman–Crippen LogP) is 13.8. The van der Waals surface area contributed by atoms with Gasteiger partial charge >= 0.3 is 0 Å². The van der Waals surface area contributed by atoms with Crippen molar-refractivity contribution >= 4 is 70.6 Å². The van der Waals surface area contributed by atoms with Gasteiger partial charge in [0, 0.05) is 64.0 Å². The minimum Gasteiger partial charge on any atom is -0.309 e. The van der Waals surface area contributed by atoms with Gasteiger partial charge in [-0.1, -0.05) is 116 Å². The first-order chi connectivity index (χ1) is 25.7. The molecule has 1 aliphatic heterocycles. The number of pyridine rings is 1. The van der Waals surface area contributed by atoms with Crippen molar-refractivity contribution in [1.29, 1.82) is 0 Å². The van der Waals surface area contributed by atoms with Crippen LogP contribution < -0.4 is 0 Å². The third-order valence-electron chi connectivity index (χ3n) is 10.0. The zero-order chi connectivity index (χ0) is 34.6. The summed E-state index contributed by atoms with van der Waals surface area (Å²) in [6, 6.07) is 52.7. The van der Waals surface area contributed by atoms with Crippen LogP contribution in [0.1, 0.15) is 5.56 Å². The maximum Gasteiger partial charge on any atom is 0.0716 e. The maximum absolute atomic E-state index is 5.31. The summed E-state index contributed by atoms with van der Waals surface area (Å²) >= 11 is 3.71. The van der Waals surface area contributed by atoms with Crippen LogP contribution in [0.2, 0.25) is 0 Å². The van der Waals surface area contributed by atoms with E-state index >= 15 is 0 Å². The van der Waals surface area contributed by atoms with Crippen LogP contribution in [0.25, 0.3) is 86.9 Å². The number of thiophene rings is 1. The lowest BCUT2D eigenvalue weighted by Crippen LogP contribution is -1.96. The Balaban J connectivity index is 1.16. The first-order valence-corrected chi connectivity index (χ1v) is 19.3. The van der Waals surface area contributed by atoms with Crippen molar-refractivity contribution in [2.75, 3.05) is 5.75 Å². The van der Waals surface area contributed by atoms with Crippen LogP contribution in [0.15, 0.2) is 181 Å². The van der Waals surface area contributed by atoms with Crippen molar-refractivity contribution < 1.29 is 0 Å². The molecule has 0 unspecified atom stereocenters. The normalized spacial score (nSPS) is 14.3. The van der Waals surface area contributed by atoms with Crippen LogP contribution >= 0.6 is 23.1 Å². The average Bonchev–Trinajstić information content (AvgIpc) is 3.76. The van der Waals surface area contributed by atoms with E-state index in [1.165, 1.54) is 58.0 Å². The first kappa shape index (κ1) is 30.8. The number of aromatic nitrogens is 2. The lowest BCUT2D eigenvalue weighted by molar-refractivity contribution is 1.17. The van der Waals surface area contributed by atoms with Gasteiger partial charge in [-0.15, -0.1) is 23.1 Å². The molecule has 6 aromatic carbocycles. The highest BCUT2D eigenvalue weighted by Crippen LogP contribution is 2.43. The molecule has 3 aromatic heterocycles. The summed E-state index contributed by atoms with van der Waals surface area (Å²) in [4.78, 5) is 6.57. The largest absolute Gasteiger partial charge is 0.309 e. The minimum absolute atomic E-state index is 0.922. The molecule has 2 nitrogen and oxygen atoms in total. The molecular weight excluding hydrogens is 669 g/mol. The van der Waals surface area contributed by atoms with Crippen molar-refractivity contribution in [3.8, 4) is 39.3 Å². The number of hydrogen-bond donors (Lipinski definition) is 0. The van der Waals surface area contributed by atoms with Gasteiger partial charge in [0.2, 0.25) is 0 Å². The number of para-hydroxylation sites is 1. The van der Waals surface area contributed by atoms with E-state index in [9.17, 15) is 0 Å². The van der Waals surface area contributed by atoms with Crippen molar-refractivity contribution in [3.05, 3.63) is 182 Å². The number of nitrogens with zero attached hydrogens (tertiary/aromatic N) is 2. The molecule has 1 aliphatic rings. The number of allylic oxidation sites excluding steroid dienone is 4. The Morgan fingerprint density at radius 3 is 2.23 bits per heavy atom. The number of fused-ring (bicyclic) bond motifs is 8. The molecule has 10 rings (SSSR count). The zero-order valence-corrected chi connectivity index (χ0v) is 29.9. The van der Waals surface area contributed by atoms with Gasteiger partial charge in [-0.25, -0.2) is 4.98 Å². The van der Waals surface area contributed by atoms with Crippen LogP contribution in [0, 0.1) is 0 Å². The third-order valence-corrected chi connectivity index (χ3v) is 12.2. The summed E-state index contributed by atoms with van der Waals surface area (Å²) in [5, 5.41) is 5.07. The molecule has 9 aromatic rings. The van der Waals surface area contributed by atoms with Crippen LogP contribution in [-0.4, -0.2) is 15.3 Å². The molecule has 246 valence electrons. The van der Waals surface area contributed by atoms with E-state index in [4.69, 9.17) is 4.98 Å². The van der Waals surface area contributed by atoms with Crippen molar-refractivity contribution in [1.82, 2.24) is 9.55 Å². The lowest BCUT2D eigenvalue weighted by Gasteiger charge is -2.14. The Kier molecular flexibility index (Phi) is 7.52. The molecule has 0 saturated heterocycles. The molecule has 0 fully saturated rings. The van der Waals surface area contributed by atoms with E-state index < -0.39 is 0 Å². The second-order valence-electron chi connectivity index (χ2n) is 13.2. The molecule has 0 N–H and O–H groups in total. The lowest BCUT2D eigenvalue weighted by atomic mass is 9.98. The molecule has 0 atom stereocenters. The first-order valence-electron chi connectivity index (χ1n) is 17.5.